The molecule has 1 unspecified atom stereocenters. The topological polar surface area (TPSA) is 104 Å². The average Bonchev–Trinajstić information content (AvgIpc) is 2.97. The van der Waals surface area contributed by atoms with Crippen LogP contribution in [0.1, 0.15) is 28.2 Å². The molecule has 4 aromatic rings. The lowest BCUT2D eigenvalue weighted by molar-refractivity contribution is -0.133. The molecule has 0 spiro atoms. The van der Waals surface area contributed by atoms with Gasteiger partial charge in [0, 0.05) is 16.7 Å². The first kappa shape index (κ1) is 26.7. The summed E-state index contributed by atoms with van der Waals surface area (Å²) in [4.78, 5) is 12.5. The third kappa shape index (κ3) is 5.88. The number of fused-ring (bicyclic) bond motifs is 1. The molecule has 5 rings (SSSR count). The number of nitrogens with two attached hydrogens (primary N) is 1. The van der Waals surface area contributed by atoms with Crippen molar-refractivity contribution >= 4 is 17.6 Å². The number of halogens is 1. The van der Waals surface area contributed by atoms with Gasteiger partial charge in [-0.25, -0.2) is 0 Å². The second kappa shape index (κ2) is 11.9. The fourth-order valence-electron chi connectivity index (χ4n) is 4.50. The summed E-state index contributed by atoms with van der Waals surface area (Å²) in [7, 11) is 1.56. The van der Waals surface area contributed by atoms with E-state index in [4.69, 9.17) is 36.3 Å². The number of nitrogens with zero attached hydrogens (tertiary/aromatic N) is 1. The van der Waals surface area contributed by atoms with Crippen molar-refractivity contribution in [2.45, 2.75) is 18.9 Å². The van der Waals surface area contributed by atoms with E-state index in [-0.39, 0.29) is 17.9 Å². The standard InChI is InChI=1S/C32H25ClN2O5/c1-37-29-16-22(9-14-27(29)38-19-21-5-3-2-4-6-21)31-25-13-12-24(17-28(25)40-32(35)26(31)18-34)39-30(36)15-20-7-10-23(33)11-8-20/h2-14,16-17,31H,15,19,35H2,1H3. The van der Waals surface area contributed by atoms with E-state index in [2.05, 4.69) is 6.07 Å². The van der Waals surface area contributed by atoms with Crippen LogP contribution in [0.15, 0.2) is 102 Å². The predicted octanol–water partition coefficient (Wildman–Crippen LogP) is 6.29. The Kier molecular flexibility index (Phi) is 7.90. The summed E-state index contributed by atoms with van der Waals surface area (Å²) in [5.41, 5.74) is 9.70. The highest BCUT2D eigenvalue weighted by Crippen LogP contribution is 2.45. The van der Waals surface area contributed by atoms with E-state index in [1.165, 1.54) is 0 Å². The van der Waals surface area contributed by atoms with Crippen molar-refractivity contribution in [3.63, 3.8) is 0 Å². The Balaban J connectivity index is 1.39. The Morgan fingerprint density at radius 1 is 0.975 bits per heavy atom. The van der Waals surface area contributed by atoms with Crippen molar-refractivity contribution in [1.82, 2.24) is 0 Å². The maximum absolute atomic E-state index is 12.5. The summed E-state index contributed by atoms with van der Waals surface area (Å²) in [5, 5.41) is 10.5. The molecule has 7 nitrogen and oxygen atoms in total. The number of carbonyl (C=O) groups is 1. The van der Waals surface area contributed by atoms with Crippen molar-refractivity contribution in [3.05, 3.63) is 130 Å². The van der Waals surface area contributed by atoms with Crippen LogP contribution in [0.2, 0.25) is 5.02 Å². The fraction of sp³-hybridized carbons (Fsp3) is 0.125. The number of ether oxygens (including phenoxy) is 4. The molecule has 1 aliphatic rings. The second-order valence-electron chi connectivity index (χ2n) is 9.09. The molecule has 0 amide bonds. The molecular weight excluding hydrogens is 528 g/mol. The van der Waals surface area contributed by atoms with Crippen LogP contribution in [0, 0.1) is 11.3 Å². The number of hydrogen-bond acceptors (Lipinski definition) is 7. The number of carbonyl (C=O) groups excluding carboxylic acids is 1. The molecule has 0 fully saturated rings. The van der Waals surface area contributed by atoms with Gasteiger partial charge >= 0.3 is 5.97 Å². The summed E-state index contributed by atoms with van der Waals surface area (Å²) in [5.74, 6) is 0.795. The molecule has 0 aromatic heterocycles. The average molecular weight is 553 g/mol. The summed E-state index contributed by atoms with van der Waals surface area (Å²) in [6.45, 7) is 0.381. The van der Waals surface area contributed by atoms with Crippen LogP contribution < -0.4 is 24.7 Å². The van der Waals surface area contributed by atoms with Crippen molar-refractivity contribution < 1.29 is 23.7 Å². The molecule has 0 radical (unpaired) electrons. The van der Waals surface area contributed by atoms with Gasteiger partial charge in [0.15, 0.2) is 11.5 Å². The number of nitriles is 1. The van der Waals surface area contributed by atoms with E-state index >= 15 is 0 Å². The SMILES string of the molecule is COc1cc(C2C(C#N)=C(N)Oc3cc(OC(=O)Cc4ccc(Cl)cc4)ccc32)ccc1OCc1ccccc1. The molecule has 2 N–H and O–H groups in total. The summed E-state index contributed by atoms with van der Waals surface area (Å²) < 4.78 is 22.9. The smallest absolute Gasteiger partial charge is 0.315 e. The zero-order chi connectivity index (χ0) is 28.1. The van der Waals surface area contributed by atoms with Gasteiger partial charge in [-0.3, -0.25) is 4.79 Å². The second-order valence-corrected chi connectivity index (χ2v) is 9.52. The normalized spacial score (nSPS) is 14.0. The quantitative estimate of drug-likeness (QED) is 0.202. The summed E-state index contributed by atoms with van der Waals surface area (Å²) in [6.07, 6.45) is 0.0802. The third-order valence-corrected chi connectivity index (χ3v) is 6.69. The lowest BCUT2D eigenvalue weighted by atomic mass is 9.83. The van der Waals surface area contributed by atoms with Gasteiger partial charge in [-0.2, -0.15) is 5.26 Å². The lowest BCUT2D eigenvalue weighted by Gasteiger charge is -2.27. The first-order valence-electron chi connectivity index (χ1n) is 12.5. The van der Waals surface area contributed by atoms with Crippen LogP contribution in [-0.2, 0) is 17.8 Å². The van der Waals surface area contributed by atoms with Gasteiger partial charge in [0.25, 0.3) is 0 Å². The highest BCUT2D eigenvalue weighted by molar-refractivity contribution is 6.30. The summed E-state index contributed by atoms with van der Waals surface area (Å²) in [6, 6.07) is 29.5. The van der Waals surface area contributed by atoms with Gasteiger partial charge in [-0.1, -0.05) is 66.2 Å². The van der Waals surface area contributed by atoms with Crippen LogP contribution in [0.25, 0.3) is 0 Å². The Morgan fingerprint density at radius 2 is 1.75 bits per heavy atom. The number of hydrogen-bond donors (Lipinski definition) is 1. The zero-order valence-electron chi connectivity index (χ0n) is 21.6. The number of rotatable bonds is 8. The molecule has 1 heterocycles. The van der Waals surface area contributed by atoms with E-state index in [0.29, 0.717) is 40.2 Å². The van der Waals surface area contributed by atoms with E-state index in [0.717, 1.165) is 16.7 Å². The monoisotopic (exact) mass is 552 g/mol. The van der Waals surface area contributed by atoms with Crippen LogP contribution in [0.3, 0.4) is 0 Å². The zero-order valence-corrected chi connectivity index (χ0v) is 22.4. The van der Waals surface area contributed by atoms with Gasteiger partial charge in [0.2, 0.25) is 5.88 Å². The Hall–Kier alpha value is -4.93. The molecule has 1 aliphatic heterocycles. The molecule has 0 bridgehead atoms. The molecular formula is C32H25ClN2O5. The van der Waals surface area contributed by atoms with E-state index in [1.807, 2.05) is 48.5 Å². The van der Waals surface area contributed by atoms with Crippen LogP contribution in [-0.4, -0.2) is 13.1 Å². The molecule has 0 saturated heterocycles. The van der Waals surface area contributed by atoms with Crippen molar-refractivity contribution in [3.8, 4) is 29.1 Å². The Bertz CT molecular complexity index is 1610. The van der Waals surface area contributed by atoms with Gasteiger partial charge in [0.1, 0.15) is 29.7 Å². The fourth-order valence-corrected chi connectivity index (χ4v) is 4.62. The molecule has 200 valence electrons. The van der Waals surface area contributed by atoms with Gasteiger partial charge in [-0.05, 0) is 47.0 Å². The maximum atomic E-state index is 12.5. The first-order valence-corrected chi connectivity index (χ1v) is 12.8. The van der Waals surface area contributed by atoms with Gasteiger partial charge < -0.3 is 24.7 Å². The molecule has 40 heavy (non-hydrogen) atoms. The van der Waals surface area contributed by atoms with E-state index < -0.39 is 11.9 Å². The van der Waals surface area contributed by atoms with Gasteiger partial charge in [-0.15, -0.1) is 0 Å². The van der Waals surface area contributed by atoms with Crippen LogP contribution in [0.5, 0.6) is 23.0 Å². The molecule has 0 saturated carbocycles. The molecule has 4 aromatic carbocycles. The first-order chi connectivity index (χ1) is 19.4. The van der Waals surface area contributed by atoms with Crippen molar-refractivity contribution in [1.29, 1.82) is 5.26 Å². The predicted molar refractivity (Wildman–Crippen MR) is 150 cm³/mol. The van der Waals surface area contributed by atoms with Crippen LogP contribution in [0.4, 0.5) is 0 Å². The minimum Gasteiger partial charge on any atom is -0.493 e. The molecule has 1 atom stereocenters. The minimum atomic E-state index is -0.523. The maximum Gasteiger partial charge on any atom is 0.315 e. The molecule has 8 heteroatoms. The van der Waals surface area contributed by atoms with Crippen molar-refractivity contribution in [2.75, 3.05) is 7.11 Å². The summed E-state index contributed by atoms with van der Waals surface area (Å²) >= 11 is 5.92. The number of benzene rings is 4. The third-order valence-electron chi connectivity index (χ3n) is 6.44. The van der Waals surface area contributed by atoms with E-state index in [9.17, 15) is 10.1 Å². The number of allylic oxidation sites excluding steroid dienone is 1. The largest absolute Gasteiger partial charge is 0.493 e. The van der Waals surface area contributed by atoms with Crippen molar-refractivity contribution in [2.24, 2.45) is 5.73 Å². The van der Waals surface area contributed by atoms with E-state index in [1.54, 1.807) is 49.6 Å². The number of methoxy groups -OCH3 is 1. The minimum absolute atomic E-state index is 0.0204. The van der Waals surface area contributed by atoms with Crippen LogP contribution >= 0.6 is 11.6 Å². The Morgan fingerprint density at radius 3 is 2.48 bits per heavy atom. The molecule has 0 aliphatic carbocycles. The number of esters is 1. The highest BCUT2D eigenvalue weighted by Gasteiger charge is 2.31. The lowest BCUT2D eigenvalue weighted by Crippen LogP contribution is -2.21. The highest BCUT2D eigenvalue weighted by atomic mass is 35.5. The Labute approximate surface area is 236 Å². The van der Waals surface area contributed by atoms with Gasteiger partial charge in [0.05, 0.1) is 19.4 Å².